The molecule has 0 radical (unpaired) electrons. The van der Waals surface area contributed by atoms with Gasteiger partial charge in [0.1, 0.15) is 5.82 Å². The van der Waals surface area contributed by atoms with Gasteiger partial charge in [0.2, 0.25) is 5.82 Å². The highest BCUT2D eigenvalue weighted by atomic mass is 19.1. The number of nitrogens with zero attached hydrogens (tertiary/aromatic N) is 2. The topological polar surface area (TPSA) is 51.0 Å². The zero-order chi connectivity index (χ0) is 9.97. The monoisotopic (exact) mass is 193 g/mol. The van der Waals surface area contributed by atoms with Crippen LogP contribution in [0, 0.1) is 5.82 Å². The van der Waals surface area contributed by atoms with Crippen LogP contribution >= 0.6 is 0 Å². The predicted octanol–water partition coefficient (Wildman–Crippen LogP) is 1.92. The van der Waals surface area contributed by atoms with E-state index in [0.29, 0.717) is 17.4 Å². The van der Waals surface area contributed by atoms with Crippen molar-refractivity contribution in [1.82, 2.24) is 10.1 Å². The van der Waals surface area contributed by atoms with Crippen molar-refractivity contribution in [1.29, 1.82) is 0 Å². The Labute approximate surface area is 79.8 Å². The van der Waals surface area contributed by atoms with Gasteiger partial charge in [-0.1, -0.05) is 17.3 Å². The van der Waals surface area contributed by atoms with E-state index >= 15 is 0 Å². The van der Waals surface area contributed by atoms with Gasteiger partial charge >= 0.3 is 6.01 Å². The fraction of sp³-hybridized carbons (Fsp3) is 0.111. The standard InChI is InChI=1S/C9H8FN3O/c1-11-9-12-8(13-14-9)6-3-2-4-7(10)5-6/h2-5H,1H3,(H,11,12,13). The molecule has 0 aliphatic heterocycles. The van der Waals surface area contributed by atoms with Crippen LogP contribution < -0.4 is 5.32 Å². The molecule has 0 atom stereocenters. The minimum absolute atomic E-state index is 0.310. The molecule has 0 saturated carbocycles. The van der Waals surface area contributed by atoms with Crippen molar-refractivity contribution in [3.05, 3.63) is 30.1 Å². The average molecular weight is 193 g/mol. The van der Waals surface area contributed by atoms with Gasteiger partial charge < -0.3 is 9.84 Å². The second kappa shape index (κ2) is 3.45. The Morgan fingerprint density at radius 2 is 2.29 bits per heavy atom. The van der Waals surface area contributed by atoms with E-state index in [1.165, 1.54) is 12.1 Å². The van der Waals surface area contributed by atoms with E-state index in [4.69, 9.17) is 4.52 Å². The second-order valence-electron chi connectivity index (χ2n) is 2.68. The maximum atomic E-state index is 12.8. The van der Waals surface area contributed by atoms with Crippen LogP contribution in [0.25, 0.3) is 11.4 Å². The maximum absolute atomic E-state index is 12.8. The van der Waals surface area contributed by atoms with Gasteiger partial charge in [0.25, 0.3) is 0 Å². The van der Waals surface area contributed by atoms with Crippen molar-refractivity contribution in [2.24, 2.45) is 0 Å². The number of halogens is 1. The first kappa shape index (κ1) is 8.68. The van der Waals surface area contributed by atoms with Crippen LogP contribution in [0.4, 0.5) is 10.4 Å². The van der Waals surface area contributed by atoms with Crippen LogP contribution in [0.5, 0.6) is 0 Å². The normalized spacial score (nSPS) is 10.1. The Balaban J connectivity index is 2.39. The molecule has 5 heteroatoms. The van der Waals surface area contributed by atoms with E-state index < -0.39 is 0 Å². The molecule has 14 heavy (non-hydrogen) atoms. The van der Waals surface area contributed by atoms with Crippen LogP contribution in [0.1, 0.15) is 0 Å². The van der Waals surface area contributed by atoms with E-state index in [1.807, 2.05) is 0 Å². The molecule has 0 spiro atoms. The van der Waals surface area contributed by atoms with Gasteiger partial charge in [-0.3, -0.25) is 0 Å². The highest BCUT2D eigenvalue weighted by Crippen LogP contribution is 2.17. The molecule has 1 aromatic carbocycles. The van der Waals surface area contributed by atoms with Gasteiger partial charge in [0, 0.05) is 12.6 Å². The Morgan fingerprint density at radius 3 is 2.93 bits per heavy atom. The molecule has 1 aromatic heterocycles. The van der Waals surface area contributed by atoms with Crippen LogP contribution in [-0.2, 0) is 0 Å². The molecule has 1 heterocycles. The fourth-order valence-corrected chi connectivity index (χ4v) is 1.07. The van der Waals surface area contributed by atoms with Gasteiger partial charge in [-0.05, 0) is 12.1 Å². The van der Waals surface area contributed by atoms with Gasteiger partial charge in [0.15, 0.2) is 0 Å². The molecule has 2 rings (SSSR count). The number of nitrogens with one attached hydrogen (secondary N) is 1. The summed E-state index contributed by atoms with van der Waals surface area (Å²) in [4.78, 5) is 3.98. The molecule has 0 amide bonds. The summed E-state index contributed by atoms with van der Waals surface area (Å²) >= 11 is 0. The number of rotatable bonds is 2. The highest BCUT2D eigenvalue weighted by Gasteiger charge is 2.07. The first-order valence-electron chi connectivity index (χ1n) is 4.07. The summed E-state index contributed by atoms with van der Waals surface area (Å²) < 4.78 is 17.7. The molecule has 0 fully saturated rings. The van der Waals surface area contributed by atoms with Crippen molar-refractivity contribution in [3.8, 4) is 11.4 Å². The minimum Gasteiger partial charge on any atom is -0.341 e. The maximum Gasteiger partial charge on any atom is 0.321 e. The van der Waals surface area contributed by atoms with Gasteiger partial charge in [0.05, 0.1) is 0 Å². The molecule has 0 bridgehead atoms. The molecule has 0 aliphatic rings. The van der Waals surface area contributed by atoms with Crippen LogP contribution in [-0.4, -0.2) is 17.2 Å². The zero-order valence-corrected chi connectivity index (χ0v) is 7.49. The molecule has 72 valence electrons. The van der Waals surface area contributed by atoms with Crippen molar-refractivity contribution < 1.29 is 8.91 Å². The second-order valence-corrected chi connectivity index (χ2v) is 2.68. The van der Waals surface area contributed by atoms with E-state index in [-0.39, 0.29) is 5.82 Å². The molecule has 0 aliphatic carbocycles. The first-order valence-corrected chi connectivity index (χ1v) is 4.07. The Hall–Kier alpha value is -1.91. The zero-order valence-electron chi connectivity index (χ0n) is 7.49. The number of benzene rings is 1. The van der Waals surface area contributed by atoms with Gasteiger partial charge in [-0.15, -0.1) is 0 Å². The van der Waals surface area contributed by atoms with Crippen LogP contribution in [0.2, 0.25) is 0 Å². The average Bonchev–Trinajstić information content (AvgIpc) is 2.66. The summed E-state index contributed by atoms with van der Waals surface area (Å²) in [6.07, 6.45) is 0. The van der Waals surface area contributed by atoms with Crippen LogP contribution in [0.15, 0.2) is 28.8 Å². The third-order valence-electron chi connectivity index (χ3n) is 1.72. The smallest absolute Gasteiger partial charge is 0.321 e. The molecule has 2 aromatic rings. The van der Waals surface area contributed by atoms with E-state index in [1.54, 1.807) is 19.2 Å². The van der Waals surface area contributed by atoms with E-state index in [2.05, 4.69) is 15.5 Å². The van der Waals surface area contributed by atoms with Crippen LogP contribution in [0.3, 0.4) is 0 Å². The lowest BCUT2D eigenvalue weighted by molar-refractivity contribution is 0.434. The Kier molecular flexibility index (Phi) is 2.14. The van der Waals surface area contributed by atoms with Crippen molar-refractivity contribution in [2.45, 2.75) is 0 Å². The lowest BCUT2D eigenvalue weighted by Gasteiger charge is -1.92. The summed E-state index contributed by atoms with van der Waals surface area (Å²) in [6, 6.07) is 6.34. The lowest BCUT2D eigenvalue weighted by Crippen LogP contribution is -1.87. The van der Waals surface area contributed by atoms with Gasteiger partial charge in [-0.25, -0.2) is 4.39 Å². The van der Waals surface area contributed by atoms with Crippen molar-refractivity contribution >= 4 is 6.01 Å². The third-order valence-corrected chi connectivity index (χ3v) is 1.72. The molecule has 1 N–H and O–H groups in total. The van der Waals surface area contributed by atoms with E-state index in [0.717, 1.165) is 0 Å². The van der Waals surface area contributed by atoms with Crippen molar-refractivity contribution in [3.63, 3.8) is 0 Å². The molecule has 0 saturated heterocycles. The Bertz CT molecular complexity index is 441. The summed E-state index contributed by atoms with van der Waals surface area (Å²) in [5.41, 5.74) is 0.593. The number of hydrogen-bond acceptors (Lipinski definition) is 4. The van der Waals surface area contributed by atoms with Crippen molar-refractivity contribution in [2.75, 3.05) is 12.4 Å². The summed E-state index contributed by atoms with van der Waals surface area (Å²) in [7, 11) is 1.67. The predicted molar refractivity (Wildman–Crippen MR) is 49.2 cm³/mol. The molecule has 0 unspecified atom stereocenters. The highest BCUT2D eigenvalue weighted by molar-refractivity contribution is 5.55. The Morgan fingerprint density at radius 1 is 1.43 bits per heavy atom. The SMILES string of the molecule is CNc1nc(-c2cccc(F)c2)no1. The quantitative estimate of drug-likeness (QED) is 0.791. The largest absolute Gasteiger partial charge is 0.341 e. The van der Waals surface area contributed by atoms with Gasteiger partial charge in [-0.2, -0.15) is 4.98 Å². The lowest BCUT2D eigenvalue weighted by atomic mass is 10.2. The minimum atomic E-state index is -0.321. The molecular formula is C9H8FN3O. The molecule has 4 nitrogen and oxygen atoms in total. The summed E-state index contributed by atoms with van der Waals surface area (Å²) in [5.74, 6) is 0.0483. The fourth-order valence-electron chi connectivity index (χ4n) is 1.07. The summed E-state index contributed by atoms with van der Waals surface area (Å²) in [6.45, 7) is 0. The number of aromatic nitrogens is 2. The number of anilines is 1. The van der Waals surface area contributed by atoms with E-state index in [9.17, 15) is 4.39 Å². The molecular weight excluding hydrogens is 185 g/mol. The third kappa shape index (κ3) is 1.56. The first-order chi connectivity index (χ1) is 6.79. The number of hydrogen-bond donors (Lipinski definition) is 1. The summed E-state index contributed by atoms with van der Waals surface area (Å²) in [5, 5.41) is 6.38.